The van der Waals surface area contributed by atoms with E-state index in [9.17, 15) is 0 Å². The summed E-state index contributed by atoms with van der Waals surface area (Å²) in [5.41, 5.74) is 9.11. The average Bonchev–Trinajstić information content (AvgIpc) is 2.78. The molecule has 1 aliphatic heterocycles. The fraction of sp³-hybridized carbons (Fsp3) is 0.571. The van der Waals surface area contributed by atoms with Crippen molar-refractivity contribution in [3.63, 3.8) is 0 Å². The molecule has 3 heteroatoms. The SMILES string of the molecule is CCN1CCCC1CNc1cccc(N)c1C. The summed E-state index contributed by atoms with van der Waals surface area (Å²) < 4.78 is 0. The van der Waals surface area contributed by atoms with Gasteiger partial charge in [0.1, 0.15) is 0 Å². The third-order valence-corrected chi connectivity index (χ3v) is 3.81. The molecule has 94 valence electrons. The standard InChI is InChI=1S/C14H23N3/c1-3-17-9-5-6-12(17)10-16-14-8-4-7-13(15)11(14)2/h4,7-8,12,16H,3,5-6,9-10,15H2,1-2H3. The van der Waals surface area contributed by atoms with E-state index in [0.717, 1.165) is 24.3 Å². The van der Waals surface area contributed by atoms with Gasteiger partial charge in [0, 0.05) is 24.0 Å². The number of nitrogens with two attached hydrogens (primary N) is 1. The van der Waals surface area contributed by atoms with Gasteiger partial charge in [0.15, 0.2) is 0 Å². The Kier molecular flexibility index (Phi) is 3.89. The number of benzene rings is 1. The van der Waals surface area contributed by atoms with Gasteiger partial charge in [-0.05, 0) is 50.6 Å². The maximum absolute atomic E-state index is 5.91. The van der Waals surface area contributed by atoms with Crippen molar-refractivity contribution in [2.24, 2.45) is 0 Å². The lowest BCUT2D eigenvalue weighted by molar-refractivity contribution is 0.277. The fourth-order valence-corrected chi connectivity index (χ4v) is 2.62. The van der Waals surface area contributed by atoms with E-state index in [2.05, 4.69) is 30.1 Å². The van der Waals surface area contributed by atoms with E-state index >= 15 is 0 Å². The van der Waals surface area contributed by atoms with Crippen LogP contribution in [0.25, 0.3) is 0 Å². The summed E-state index contributed by atoms with van der Waals surface area (Å²) in [4.78, 5) is 2.55. The van der Waals surface area contributed by atoms with Gasteiger partial charge in [-0.3, -0.25) is 4.90 Å². The van der Waals surface area contributed by atoms with Crippen LogP contribution in [0.3, 0.4) is 0 Å². The zero-order valence-corrected chi connectivity index (χ0v) is 10.9. The molecule has 1 aromatic rings. The van der Waals surface area contributed by atoms with E-state index in [1.807, 2.05) is 12.1 Å². The second kappa shape index (κ2) is 5.41. The summed E-state index contributed by atoms with van der Waals surface area (Å²) in [6.45, 7) is 7.74. The van der Waals surface area contributed by atoms with E-state index in [1.165, 1.54) is 25.1 Å². The first kappa shape index (κ1) is 12.2. The lowest BCUT2D eigenvalue weighted by Gasteiger charge is -2.24. The van der Waals surface area contributed by atoms with Crippen LogP contribution in [0, 0.1) is 6.92 Å². The summed E-state index contributed by atoms with van der Waals surface area (Å²) >= 11 is 0. The molecule has 3 nitrogen and oxygen atoms in total. The molecule has 1 saturated heterocycles. The normalized spacial score (nSPS) is 20.7. The Hall–Kier alpha value is -1.22. The lowest BCUT2D eigenvalue weighted by atomic mass is 10.1. The van der Waals surface area contributed by atoms with Gasteiger partial charge in [0.05, 0.1) is 0 Å². The molecule has 1 aromatic carbocycles. The van der Waals surface area contributed by atoms with Crippen molar-refractivity contribution in [3.05, 3.63) is 23.8 Å². The highest BCUT2D eigenvalue weighted by molar-refractivity contribution is 5.62. The van der Waals surface area contributed by atoms with Crippen LogP contribution in [0.2, 0.25) is 0 Å². The molecule has 1 atom stereocenters. The van der Waals surface area contributed by atoms with Gasteiger partial charge in [-0.25, -0.2) is 0 Å². The van der Waals surface area contributed by atoms with Crippen molar-refractivity contribution in [1.82, 2.24) is 4.90 Å². The van der Waals surface area contributed by atoms with Crippen LogP contribution in [0.15, 0.2) is 18.2 Å². The molecule has 0 radical (unpaired) electrons. The maximum Gasteiger partial charge on any atom is 0.0391 e. The number of likely N-dealkylation sites (N-methyl/N-ethyl adjacent to an activating group) is 1. The van der Waals surface area contributed by atoms with Gasteiger partial charge in [-0.1, -0.05) is 13.0 Å². The average molecular weight is 233 g/mol. The highest BCUT2D eigenvalue weighted by Gasteiger charge is 2.22. The number of rotatable bonds is 4. The second-order valence-corrected chi connectivity index (χ2v) is 4.83. The molecule has 1 fully saturated rings. The van der Waals surface area contributed by atoms with E-state index in [0.29, 0.717) is 6.04 Å². The number of nitrogens with one attached hydrogen (secondary N) is 1. The topological polar surface area (TPSA) is 41.3 Å². The summed E-state index contributed by atoms with van der Waals surface area (Å²) in [5, 5.41) is 3.54. The van der Waals surface area contributed by atoms with Crippen molar-refractivity contribution < 1.29 is 0 Å². The Bertz CT molecular complexity index is 376. The summed E-state index contributed by atoms with van der Waals surface area (Å²) in [7, 11) is 0. The Labute approximate surface area is 104 Å². The van der Waals surface area contributed by atoms with E-state index in [-0.39, 0.29) is 0 Å². The Morgan fingerprint density at radius 1 is 1.47 bits per heavy atom. The molecule has 1 unspecified atom stereocenters. The molecule has 17 heavy (non-hydrogen) atoms. The van der Waals surface area contributed by atoms with Crippen molar-refractivity contribution in [2.45, 2.75) is 32.7 Å². The largest absolute Gasteiger partial charge is 0.398 e. The van der Waals surface area contributed by atoms with E-state index in [1.54, 1.807) is 0 Å². The third kappa shape index (κ3) is 2.72. The molecule has 0 saturated carbocycles. The minimum absolute atomic E-state index is 0.681. The Morgan fingerprint density at radius 3 is 3.06 bits per heavy atom. The van der Waals surface area contributed by atoms with Crippen molar-refractivity contribution >= 4 is 11.4 Å². The zero-order valence-electron chi connectivity index (χ0n) is 10.9. The molecular formula is C14H23N3. The number of nitrogen functional groups attached to an aromatic ring is 1. The minimum atomic E-state index is 0.681. The molecule has 0 aromatic heterocycles. The molecule has 0 spiro atoms. The van der Waals surface area contributed by atoms with Gasteiger partial charge >= 0.3 is 0 Å². The highest BCUT2D eigenvalue weighted by Crippen LogP contribution is 2.22. The summed E-state index contributed by atoms with van der Waals surface area (Å²) in [5.74, 6) is 0. The molecule has 3 N–H and O–H groups in total. The van der Waals surface area contributed by atoms with Crippen LogP contribution < -0.4 is 11.1 Å². The van der Waals surface area contributed by atoms with Gasteiger partial charge in [0.25, 0.3) is 0 Å². The van der Waals surface area contributed by atoms with Crippen LogP contribution in [0.5, 0.6) is 0 Å². The molecular weight excluding hydrogens is 210 g/mol. The van der Waals surface area contributed by atoms with Crippen molar-refractivity contribution in [3.8, 4) is 0 Å². The number of likely N-dealkylation sites (tertiary alicyclic amines) is 1. The van der Waals surface area contributed by atoms with E-state index < -0.39 is 0 Å². The van der Waals surface area contributed by atoms with Crippen LogP contribution >= 0.6 is 0 Å². The van der Waals surface area contributed by atoms with Crippen LogP contribution in [-0.4, -0.2) is 30.6 Å². The monoisotopic (exact) mass is 233 g/mol. The fourth-order valence-electron chi connectivity index (χ4n) is 2.62. The van der Waals surface area contributed by atoms with Gasteiger partial charge in [-0.15, -0.1) is 0 Å². The Balaban J connectivity index is 1.95. The van der Waals surface area contributed by atoms with Crippen LogP contribution in [0.1, 0.15) is 25.3 Å². The number of hydrogen-bond donors (Lipinski definition) is 2. The first-order valence-electron chi connectivity index (χ1n) is 6.55. The van der Waals surface area contributed by atoms with Crippen LogP contribution in [-0.2, 0) is 0 Å². The molecule has 0 aliphatic carbocycles. The van der Waals surface area contributed by atoms with Crippen LogP contribution in [0.4, 0.5) is 11.4 Å². The van der Waals surface area contributed by atoms with Crippen molar-refractivity contribution in [2.75, 3.05) is 30.7 Å². The van der Waals surface area contributed by atoms with Gasteiger partial charge in [-0.2, -0.15) is 0 Å². The van der Waals surface area contributed by atoms with Gasteiger partial charge < -0.3 is 11.1 Å². The number of hydrogen-bond acceptors (Lipinski definition) is 3. The molecule has 1 aliphatic rings. The predicted molar refractivity (Wildman–Crippen MR) is 74.4 cm³/mol. The lowest BCUT2D eigenvalue weighted by Crippen LogP contribution is -2.34. The van der Waals surface area contributed by atoms with E-state index in [4.69, 9.17) is 5.73 Å². The second-order valence-electron chi connectivity index (χ2n) is 4.83. The molecule has 2 rings (SSSR count). The summed E-state index contributed by atoms with van der Waals surface area (Å²) in [6.07, 6.45) is 2.64. The zero-order chi connectivity index (χ0) is 12.3. The quantitative estimate of drug-likeness (QED) is 0.785. The first-order chi connectivity index (χ1) is 8.22. The number of anilines is 2. The maximum atomic E-state index is 5.91. The van der Waals surface area contributed by atoms with Crippen molar-refractivity contribution in [1.29, 1.82) is 0 Å². The van der Waals surface area contributed by atoms with Gasteiger partial charge in [0.2, 0.25) is 0 Å². The molecule has 0 amide bonds. The first-order valence-corrected chi connectivity index (χ1v) is 6.55. The molecule has 0 bridgehead atoms. The highest BCUT2D eigenvalue weighted by atomic mass is 15.2. The smallest absolute Gasteiger partial charge is 0.0391 e. The predicted octanol–water partition coefficient (Wildman–Crippen LogP) is 2.47. The Morgan fingerprint density at radius 2 is 2.29 bits per heavy atom. The third-order valence-electron chi connectivity index (χ3n) is 3.81. The summed E-state index contributed by atoms with van der Waals surface area (Å²) in [6, 6.07) is 6.75. The minimum Gasteiger partial charge on any atom is -0.398 e. The number of nitrogens with zero attached hydrogens (tertiary/aromatic N) is 1. The molecule has 1 heterocycles.